The predicted octanol–water partition coefficient (Wildman–Crippen LogP) is 4.87. The lowest BCUT2D eigenvalue weighted by atomic mass is 10.0. The van der Waals surface area contributed by atoms with E-state index in [1.165, 1.54) is 5.56 Å². The number of ether oxygens (including phenoxy) is 1. The molecule has 0 spiro atoms. The van der Waals surface area contributed by atoms with Gasteiger partial charge in [-0.15, -0.1) is 0 Å². The second-order valence-electron chi connectivity index (χ2n) is 5.38. The van der Waals surface area contributed by atoms with Crippen molar-refractivity contribution in [3.63, 3.8) is 0 Å². The topological polar surface area (TPSA) is 38.3 Å². The minimum Gasteiger partial charge on any atom is -0.493 e. The number of halogens is 1. The monoisotopic (exact) mass is 317 g/mol. The van der Waals surface area contributed by atoms with Gasteiger partial charge in [-0.25, -0.2) is 0 Å². The molecule has 0 bridgehead atoms. The molecule has 116 valence electrons. The maximum atomic E-state index is 11.9. The molecule has 0 saturated carbocycles. The Labute approximate surface area is 136 Å². The van der Waals surface area contributed by atoms with Gasteiger partial charge in [0.2, 0.25) is 5.91 Å². The van der Waals surface area contributed by atoms with Crippen molar-refractivity contribution < 1.29 is 9.53 Å². The van der Waals surface area contributed by atoms with Crippen LogP contribution in [0.4, 0.5) is 5.69 Å². The third-order valence-electron chi connectivity index (χ3n) is 3.27. The van der Waals surface area contributed by atoms with Crippen LogP contribution < -0.4 is 10.1 Å². The average Bonchev–Trinajstić information content (AvgIpc) is 2.50. The average molecular weight is 318 g/mol. The molecule has 22 heavy (non-hydrogen) atoms. The van der Waals surface area contributed by atoms with Gasteiger partial charge in [0.1, 0.15) is 5.75 Å². The quantitative estimate of drug-likeness (QED) is 0.825. The van der Waals surface area contributed by atoms with Gasteiger partial charge in [0, 0.05) is 10.7 Å². The summed E-state index contributed by atoms with van der Waals surface area (Å²) in [5, 5.41) is 3.53. The highest BCUT2D eigenvalue weighted by Gasteiger charge is 2.04. The van der Waals surface area contributed by atoms with Gasteiger partial charge < -0.3 is 10.1 Å². The first-order valence-corrected chi connectivity index (χ1v) is 7.70. The summed E-state index contributed by atoms with van der Waals surface area (Å²) in [6, 6.07) is 15.0. The van der Waals surface area contributed by atoms with Crippen molar-refractivity contribution in [3.05, 3.63) is 59.1 Å². The first-order chi connectivity index (χ1) is 10.5. The zero-order chi connectivity index (χ0) is 15.9. The number of nitrogens with one attached hydrogen (secondary N) is 1. The fourth-order valence-corrected chi connectivity index (χ4v) is 2.09. The van der Waals surface area contributed by atoms with Gasteiger partial charge >= 0.3 is 0 Å². The van der Waals surface area contributed by atoms with E-state index in [1.807, 2.05) is 24.3 Å². The van der Waals surface area contributed by atoms with E-state index < -0.39 is 0 Å². The van der Waals surface area contributed by atoms with Crippen molar-refractivity contribution in [1.29, 1.82) is 0 Å². The molecule has 2 rings (SSSR count). The van der Waals surface area contributed by atoms with E-state index in [1.54, 1.807) is 24.3 Å². The fourth-order valence-electron chi connectivity index (χ4n) is 1.97. The molecule has 0 fully saturated rings. The summed E-state index contributed by atoms with van der Waals surface area (Å²) in [5.41, 5.74) is 2.06. The molecule has 3 nitrogen and oxygen atoms in total. The minimum atomic E-state index is -0.0636. The smallest absolute Gasteiger partial charge is 0.227 e. The van der Waals surface area contributed by atoms with Gasteiger partial charge in [-0.1, -0.05) is 37.6 Å². The number of carbonyl (C=O) groups excluding carboxylic acids is 1. The van der Waals surface area contributed by atoms with Crippen LogP contribution in [0.15, 0.2) is 48.5 Å². The lowest BCUT2D eigenvalue weighted by Gasteiger charge is -2.09. The maximum absolute atomic E-state index is 11.9. The molecule has 0 atom stereocenters. The number of hydrogen-bond donors (Lipinski definition) is 1. The Morgan fingerprint density at radius 2 is 1.73 bits per heavy atom. The van der Waals surface area contributed by atoms with E-state index >= 15 is 0 Å². The molecule has 0 saturated heterocycles. The molecule has 2 aromatic carbocycles. The lowest BCUT2D eigenvalue weighted by molar-refractivity contribution is -0.116. The first-order valence-electron chi connectivity index (χ1n) is 7.33. The number of rotatable bonds is 6. The van der Waals surface area contributed by atoms with E-state index in [0.717, 1.165) is 5.69 Å². The van der Waals surface area contributed by atoms with Crippen LogP contribution in [0.3, 0.4) is 0 Å². The standard InChI is InChI=1S/C18H20ClNO2/c1-13(2)14-3-7-16(8-4-14)20-18(21)11-12-22-17-9-5-15(19)6-10-17/h3-10,13H,11-12H2,1-2H3,(H,20,21). The third kappa shape index (κ3) is 5.08. The zero-order valence-corrected chi connectivity index (χ0v) is 13.6. The van der Waals surface area contributed by atoms with Gasteiger partial charge in [0.15, 0.2) is 0 Å². The molecule has 0 aliphatic rings. The second kappa shape index (κ2) is 7.85. The van der Waals surface area contributed by atoms with Crippen LogP contribution in [-0.2, 0) is 4.79 Å². The summed E-state index contributed by atoms with van der Waals surface area (Å²) in [6.45, 7) is 4.61. The Morgan fingerprint density at radius 1 is 1.09 bits per heavy atom. The van der Waals surface area contributed by atoms with Gasteiger partial charge in [-0.05, 0) is 47.9 Å². The molecule has 4 heteroatoms. The van der Waals surface area contributed by atoms with Crippen molar-refractivity contribution in [2.24, 2.45) is 0 Å². The molecule has 0 aliphatic heterocycles. The summed E-state index contributed by atoms with van der Waals surface area (Å²) in [6.07, 6.45) is 0.300. The van der Waals surface area contributed by atoms with Gasteiger partial charge in [0.25, 0.3) is 0 Å². The molecule has 0 radical (unpaired) electrons. The largest absolute Gasteiger partial charge is 0.493 e. The summed E-state index contributed by atoms with van der Waals surface area (Å²) in [4.78, 5) is 11.9. The number of hydrogen-bond acceptors (Lipinski definition) is 2. The third-order valence-corrected chi connectivity index (χ3v) is 3.52. The van der Waals surface area contributed by atoms with Crippen LogP contribution in [0.1, 0.15) is 31.7 Å². The number of anilines is 1. The van der Waals surface area contributed by atoms with Crippen molar-refractivity contribution in [1.82, 2.24) is 0 Å². The molecular weight excluding hydrogens is 298 g/mol. The van der Waals surface area contributed by atoms with Crippen LogP contribution in [-0.4, -0.2) is 12.5 Å². The van der Waals surface area contributed by atoms with Gasteiger partial charge in [0.05, 0.1) is 13.0 Å². The number of amides is 1. The van der Waals surface area contributed by atoms with Crippen molar-refractivity contribution in [3.8, 4) is 5.75 Å². The van der Waals surface area contributed by atoms with Gasteiger partial charge in [-0.3, -0.25) is 4.79 Å². The summed E-state index contributed by atoms with van der Waals surface area (Å²) in [7, 11) is 0. The molecule has 0 aliphatic carbocycles. The molecule has 1 N–H and O–H groups in total. The van der Waals surface area contributed by atoms with Crippen LogP contribution >= 0.6 is 11.6 Å². The molecule has 0 heterocycles. The second-order valence-corrected chi connectivity index (χ2v) is 5.81. The molecule has 0 aromatic heterocycles. The van der Waals surface area contributed by atoms with E-state index in [-0.39, 0.29) is 5.91 Å². The van der Waals surface area contributed by atoms with E-state index in [2.05, 4.69) is 19.2 Å². The molecule has 0 unspecified atom stereocenters. The van der Waals surface area contributed by atoms with Crippen LogP contribution in [0.5, 0.6) is 5.75 Å². The summed E-state index contributed by atoms with van der Waals surface area (Å²) in [5.74, 6) is 1.13. The Bertz CT molecular complexity index is 606. The number of benzene rings is 2. The Hall–Kier alpha value is -2.00. The highest BCUT2D eigenvalue weighted by Crippen LogP contribution is 2.18. The minimum absolute atomic E-state index is 0.0636. The normalized spacial score (nSPS) is 10.5. The Morgan fingerprint density at radius 3 is 2.32 bits per heavy atom. The first kappa shape index (κ1) is 16.4. The maximum Gasteiger partial charge on any atom is 0.227 e. The van der Waals surface area contributed by atoms with Crippen molar-refractivity contribution in [2.75, 3.05) is 11.9 Å². The molecular formula is C18H20ClNO2. The van der Waals surface area contributed by atoms with E-state index in [4.69, 9.17) is 16.3 Å². The Kier molecular flexibility index (Phi) is 5.84. The van der Waals surface area contributed by atoms with Crippen molar-refractivity contribution in [2.45, 2.75) is 26.2 Å². The van der Waals surface area contributed by atoms with Crippen molar-refractivity contribution >= 4 is 23.2 Å². The van der Waals surface area contributed by atoms with Crippen LogP contribution in [0, 0.1) is 0 Å². The predicted molar refractivity (Wildman–Crippen MR) is 90.7 cm³/mol. The summed E-state index contributed by atoms with van der Waals surface area (Å²) < 4.78 is 5.50. The Balaban J connectivity index is 1.76. The van der Waals surface area contributed by atoms with Crippen LogP contribution in [0.25, 0.3) is 0 Å². The van der Waals surface area contributed by atoms with Gasteiger partial charge in [-0.2, -0.15) is 0 Å². The number of carbonyl (C=O) groups is 1. The van der Waals surface area contributed by atoms with E-state index in [9.17, 15) is 4.79 Å². The highest BCUT2D eigenvalue weighted by molar-refractivity contribution is 6.30. The zero-order valence-electron chi connectivity index (χ0n) is 12.8. The highest BCUT2D eigenvalue weighted by atomic mass is 35.5. The summed E-state index contributed by atoms with van der Waals surface area (Å²) >= 11 is 5.80. The van der Waals surface area contributed by atoms with Crippen LogP contribution in [0.2, 0.25) is 5.02 Å². The SMILES string of the molecule is CC(C)c1ccc(NC(=O)CCOc2ccc(Cl)cc2)cc1. The molecule has 1 amide bonds. The lowest BCUT2D eigenvalue weighted by Crippen LogP contribution is -2.15. The fraction of sp³-hybridized carbons (Fsp3) is 0.278. The molecule has 2 aromatic rings. The van der Waals surface area contributed by atoms with E-state index in [0.29, 0.717) is 29.7 Å².